The van der Waals surface area contributed by atoms with Crippen molar-refractivity contribution < 1.29 is 19.4 Å². The van der Waals surface area contributed by atoms with Gasteiger partial charge in [0.15, 0.2) is 8.32 Å². The Morgan fingerprint density at radius 3 is 2.35 bits per heavy atom. The first-order valence-corrected chi connectivity index (χ1v) is 15.6. The third-order valence-corrected chi connectivity index (χ3v) is 11.8. The Balaban J connectivity index is 2.78. The van der Waals surface area contributed by atoms with Crippen LogP contribution in [-0.2, 0) is 9.22 Å². The summed E-state index contributed by atoms with van der Waals surface area (Å²) in [6, 6.07) is 0. The van der Waals surface area contributed by atoms with Crippen molar-refractivity contribution in [2.75, 3.05) is 6.61 Å². The normalized spacial score (nSPS) is 23.7. The molecule has 0 bridgehead atoms. The molecule has 2 N–H and O–H groups in total. The van der Waals surface area contributed by atoms with Gasteiger partial charge >= 0.3 is 0 Å². The minimum Gasteiger partial charge on any atom is -0.411 e. The van der Waals surface area contributed by atoms with Gasteiger partial charge < -0.3 is 14.6 Å². The lowest BCUT2D eigenvalue weighted by Crippen LogP contribution is -2.43. The molecular weight excluding hydrogens is 404 g/mol. The van der Waals surface area contributed by atoms with Crippen molar-refractivity contribution >= 4 is 14.1 Å². The summed E-state index contributed by atoms with van der Waals surface area (Å²) in [5.41, 5.74) is 0. The molecule has 5 heteroatoms. The van der Waals surface area contributed by atoms with Gasteiger partial charge in [0.1, 0.15) is 5.78 Å². The fourth-order valence-electron chi connectivity index (χ4n) is 4.20. The van der Waals surface area contributed by atoms with Crippen molar-refractivity contribution in [3.8, 4) is 0 Å². The summed E-state index contributed by atoms with van der Waals surface area (Å²) >= 11 is 0. The Morgan fingerprint density at radius 2 is 1.74 bits per heavy atom. The second-order valence-corrected chi connectivity index (χ2v) is 15.8. The van der Waals surface area contributed by atoms with Gasteiger partial charge in [0.05, 0.1) is 12.2 Å². The third-order valence-electron chi connectivity index (χ3n) is 7.30. The third kappa shape index (κ3) is 9.89. The zero-order valence-corrected chi connectivity index (χ0v) is 22.2. The highest BCUT2D eigenvalue weighted by Gasteiger charge is 2.41. The highest BCUT2D eigenvalue weighted by molar-refractivity contribution is 6.74. The van der Waals surface area contributed by atoms with Gasteiger partial charge in [0.2, 0.25) is 0 Å². The summed E-state index contributed by atoms with van der Waals surface area (Å²) in [7, 11) is -1.89. The summed E-state index contributed by atoms with van der Waals surface area (Å²) in [6.45, 7) is 13.9. The molecule has 0 radical (unpaired) electrons. The van der Waals surface area contributed by atoms with Crippen LogP contribution in [0, 0.1) is 11.8 Å². The van der Waals surface area contributed by atoms with Crippen molar-refractivity contribution in [2.45, 2.75) is 129 Å². The van der Waals surface area contributed by atoms with Crippen LogP contribution in [0.4, 0.5) is 0 Å². The number of aliphatic hydroxyl groups is 2. The Morgan fingerprint density at radius 1 is 1.10 bits per heavy atom. The lowest BCUT2D eigenvalue weighted by molar-refractivity contribution is -0.121. The van der Waals surface area contributed by atoms with Crippen LogP contribution in [0.3, 0.4) is 0 Å². The van der Waals surface area contributed by atoms with Crippen LogP contribution in [-0.4, -0.2) is 43.1 Å². The molecule has 4 atom stereocenters. The molecule has 0 amide bonds. The number of aliphatic hydroxyl groups excluding tert-OH is 2. The van der Waals surface area contributed by atoms with E-state index in [-0.39, 0.29) is 41.8 Å². The van der Waals surface area contributed by atoms with E-state index in [1.165, 1.54) is 12.8 Å². The Bertz CT molecular complexity index is 538. The largest absolute Gasteiger partial charge is 0.411 e. The van der Waals surface area contributed by atoms with Crippen molar-refractivity contribution in [3.63, 3.8) is 0 Å². The molecule has 31 heavy (non-hydrogen) atoms. The molecular formula is C26H50O4Si. The number of carbonyl (C=O) groups excluding carboxylic acids is 1. The molecule has 0 aliphatic heterocycles. The molecule has 182 valence electrons. The molecule has 0 heterocycles. The van der Waals surface area contributed by atoms with Gasteiger partial charge in [-0.1, -0.05) is 84.8 Å². The lowest BCUT2D eigenvalue weighted by Gasteiger charge is -2.39. The molecule has 1 rings (SSSR count). The van der Waals surface area contributed by atoms with E-state index in [4.69, 9.17) is 9.53 Å². The second-order valence-electron chi connectivity index (χ2n) is 11.0. The number of hydrogen-bond donors (Lipinski definition) is 2. The number of carbonyl (C=O) groups is 1. The Hall–Kier alpha value is -0.493. The molecule has 0 aromatic rings. The molecule has 1 aliphatic rings. The van der Waals surface area contributed by atoms with Crippen LogP contribution in [0.15, 0.2) is 12.2 Å². The van der Waals surface area contributed by atoms with E-state index >= 15 is 0 Å². The SMILES string of the molecule is CCCCC[C@@H](/C=C/[C@H]1[C@H](O)CC(=O)[C@@H]1CCCCCCCO)O[Si](C)(C)C(C)(C)C. The van der Waals surface area contributed by atoms with Crippen LogP contribution in [0.25, 0.3) is 0 Å². The first kappa shape index (κ1) is 28.5. The number of ketones is 1. The van der Waals surface area contributed by atoms with Crippen molar-refractivity contribution in [1.29, 1.82) is 0 Å². The fourth-order valence-corrected chi connectivity index (χ4v) is 5.50. The maximum Gasteiger partial charge on any atom is 0.192 e. The van der Waals surface area contributed by atoms with Crippen LogP contribution < -0.4 is 0 Å². The van der Waals surface area contributed by atoms with Crippen molar-refractivity contribution in [2.24, 2.45) is 11.8 Å². The van der Waals surface area contributed by atoms with E-state index in [2.05, 4.69) is 52.9 Å². The average molecular weight is 455 g/mol. The average Bonchev–Trinajstić information content (AvgIpc) is 2.94. The van der Waals surface area contributed by atoms with E-state index in [0.717, 1.165) is 51.4 Å². The molecule has 4 nitrogen and oxygen atoms in total. The molecule has 0 aromatic carbocycles. The van der Waals surface area contributed by atoms with E-state index in [1.54, 1.807) is 0 Å². The fraction of sp³-hybridized carbons (Fsp3) is 0.885. The topological polar surface area (TPSA) is 66.8 Å². The summed E-state index contributed by atoms with van der Waals surface area (Å²) in [4.78, 5) is 12.5. The van der Waals surface area contributed by atoms with E-state index < -0.39 is 14.4 Å². The summed E-state index contributed by atoms with van der Waals surface area (Å²) in [5.74, 6) is 0.0697. The van der Waals surface area contributed by atoms with Gasteiger partial charge in [-0.15, -0.1) is 0 Å². The predicted molar refractivity (Wildman–Crippen MR) is 133 cm³/mol. The van der Waals surface area contributed by atoms with Gasteiger partial charge in [-0.25, -0.2) is 0 Å². The minimum absolute atomic E-state index is 0.0618. The van der Waals surface area contributed by atoms with Gasteiger partial charge in [0, 0.05) is 24.9 Å². The van der Waals surface area contributed by atoms with Crippen LogP contribution in [0.5, 0.6) is 0 Å². The van der Waals surface area contributed by atoms with Gasteiger partial charge in [-0.3, -0.25) is 4.79 Å². The smallest absolute Gasteiger partial charge is 0.192 e. The van der Waals surface area contributed by atoms with E-state index in [0.29, 0.717) is 0 Å². The van der Waals surface area contributed by atoms with Crippen LogP contribution >= 0.6 is 0 Å². The first-order valence-electron chi connectivity index (χ1n) is 12.7. The number of rotatable bonds is 15. The summed E-state index contributed by atoms with van der Waals surface area (Å²) in [6.07, 6.45) is 14.6. The summed E-state index contributed by atoms with van der Waals surface area (Å²) < 4.78 is 6.71. The molecule has 1 saturated carbocycles. The van der Waals surface area contributed by atoms with Gasteiger partial charge in [-0.05, 0) is 37.4 Å². The van der Waals surface area contributed by atoms with E-state index in [1.807, 2.05) is 0 Å². The highest BCUT2D eigenvalue weighted by Crippen LogP contribution is 2.39. The van der Waals surface area contributed by atoms with Gasteiger partial charge in [-0.2, -0.15) is 0 Å². The maximum absolute atomic E-state index is 12.5. The molecule has 1 fully saturated rings. The van der Waals surface area contributed by atoms with Crippen molar-refractivity contribution in [1.82, 2.24) is 0 Å². The Kier molecular flexibility index (Phi) is 12.8. The zero-order chi connectivity index (χ0) is 23.5. The predicted octanol–water partition coefficient (Wildman–Crippen LogP) is 6.41. The molecule has 1 aliphatic carbocycles. The monoisotopic (exact) mass is 454 g/mol. The molecule has 0 saturated heterocycles. The minimum atomic E-state index is -1.89. The molecule has 0 aromatic heterocycles. The van der Waals surface area contributed by atoms with Gasteiger partial charge in [0.25, 0.3) is 0 Å². The first-order chi connectivity index (χ1) is 14.5. The highest BCUT2D eigenvalue weighted by atomic mass is 28.4. The van der Waals surface area contributed by atoms with Crippen LogP contribution in [0.1, 0.15) is 98.3 Å². The maximum atomic E-state index is 12.5. The molecule has 0 spiro atoms. The second kappa shape index (κ2) is 13.9. The van der Waals surface area contributed by atoms with Crippen LogP contribution in [0.2, 0.25) is 18.1 Å². The van der Waals surface area contributed by atoms with E-state index in [9.17, 15) is 9.90 Å². The number of hydrogen-bond acceptors (Lipinski definition) is 4. The number of unbranched alkanes of at least 4 members (excludes halogenated alkanes) is 6. The lowest BCUT2D eigenvalue weighted by atomic mass is 9.88. The standard InChI is InChI=1S/C26H50O4Si/c1-7-8-12-15-21(30-31(5,6)26(2,3)4)17-18-23-22(24(28)20-25(23)29)16-13-10-9-11-14-19-27/h17-18,21-23,25,27,29H,7-16,19-20H2,1-6H3/b18-17+/t21-,22+,23+,25+/m0/s1. The quantitative estimate of drug-likeness (QED) is 0.170. The number of Topliss-reactive ketones (excluding diaryl/α,β-unsaturated/α-hetero) is 1. The van der Waals surface area contributed by atoms with Crippen molar-refractivity contribution in [3.05, 3.63) is 12.2 Å². The Labute approximate surface area is 193 Å². The molecule has 0 unspecified atom stereocenters. The summed E-state index contributed by atoms with van der Waals surface area (Å²) in [5, 5.41) is 19.6. The zero-order valence-electron chi connectivity index (χ0n) is 21.2.